The molecular formula is C12H12N3O3-. The number of aromatic nitrogens is 2. The van der Waals surface area contributed by atoms with Crippen LogP contribution in [0.3, 0.4) is 0 Å². The summed E-state index contributed by atoms with van der Waals surface area (Å²) in [5.41, 5.74) is 1.02. The summed E-state index contributed by atoms with van der Waals surface area (Å²) in [4.78, 5) is 10.9. The second-order valence-corrected chi connectivity index (χ2v) is 3.71. The van der Waals surface area contributed by atoms with E-state index in [1.54, 1.807) is 44.6 Å². The number of benzene rings is 1. The molecule has 0 radical (unpaired) electrons. The Hall–Kier alpha value is -2.50. The first-order valence-electron chi connectivity index (χ1n) is 5.26. The third-order valence-corrected chi connectivity index (χ3v) is 2.39. The number of carboxylic acids is 1. The Kier molecular flexibility index (Phi) is 3.18. The highest BCUT2D eigenvalue weighted by Gasteiger charge is 2.08. The minimum atomic E-state index is -1.31. The van der Waals surface area contributed by atoms with E-state index in [0.717, 1.165) is 11.4 Å². The number of aromatic carboxylic acids is 1. The highest BCUT2D eigenvalue weighted by molar-refractivity contribution is 5.91. The largest absolute Gasteiger partial charge is 0.543 e. The Labute approximate surface area is 104 Å². The van der Waals surface area contributed by atoms with Gasteiger partial charge in [-0.15, -0.1) is 0 Å². The van der Waals surface area contributed by atoms with E-state index in [0.29, 0.717) is 5.69 Å². The molecule has 0 fully saturated rings. The molecule has 0 spiro atoms. The standard InChI is InChI=1S/C12H13N3O3/c1-15-7-10(11(14-15)12(16)17)13-8-3-5-9(18-2)6-4-8/h3-7,13H,1-2H3,(H,16,17)/p-1. The minimum Gasteiger partial charge on any atom is -0.543 e. The summed E-state index contributed by atoms with van der Waals surface area (Å²) in [5, 5.41) is 17.7. The van der Waals surface area contributed by atoms with E-state index in [2.05, 4.69) is 10.4 Å². The summed E-state index contributed by atoms with van der Waals surface area (Å²) >= 11 is 0. The molecule has 6 nitrogen and oxygen atoms in total. The zero-order valence-electron chi connectivity index (χ0n) is 10.0. The third-order valence-electron chi connectivity index (χ3n) is 2.39. The van der Waals surface area contributed by atoms with Crippen molar-refractivity contribution in [1.82, 2.24) is 9.78 Å². The molecule has 0 saturated carbocycles. The van der Waals surface area contributed by atoms with E-state index in [9.17, 15) is 9.90 Å². The van der Waals surface area contributed by atoms with Crippen molar-refractivity contribution in [1.29, 1.82) is 0 Å². The normalized spacial score (nSPS) is 10.1. The highest BCUT2D eigenvalue weighted by atomic mass is 16.5. The monoisotopic (exact) mass is 246 g/mol. The van der Waals surface area contributed by atoms with Crippen LogP contribution in [0.2, 0.25) is 0 Å². The number of hydrogen-bond donors (Lipinski definition) is 1. The number of carbonyl (C=O) groups is 1. The van der Waals surface area contributed by atoms with Gasteiger partial charge in [0.2, 0.25) is 0 Å². The minimum absolute atomic E-state index is 0.117. The molecule has 0 amide bonds. The van der Waals surface area contributed by atoms with E-state index in [1.807, 2.05) is 0 Å². The Morgan fingerprint density at radius 1 is 1.39 bits per heavy atom. The molecule has 0 atom stereocenters. The number of nitrogens with one attached hydrogen (secondary N) is 1. The van der Waals surface area contributed by atoms with Gasteiger partial charge < -0.3 is 20.0 Å². The smallest absolute Gasteiger partial charge is 0.131 e. The molecule has 94 valence electrons. The molecule has 2 rings (SSSR count). The lowest BCUT2D eigenvalue weighted by atomic mass is 10.3. The number of ether oxygens (including phenoxy) is 1. The van der Waals surface area contributed by atoms with Crippen LogP contribution in [-0.2, 0) is 7.05 Å². The van der Waals surface area contributed by atoms with Gasteiger partial charge in [-0.05, 0) is 24.3 Å². The first kappa shape index (κ1) is 12.0. The van der Waals surface area contributed by atoms with Gasteiger partial charge in [0.25, 0.3) is 0 Å². The van der Waals surface area contributed by atoms with Crippen LogP contribution in [0.4, 0.5) is 11.4 Å². The molecule has 0 unspecified atom stereocenters. The van der Waals surface area contributed by atoms with Gasteiger partial charge in [-0.2, -0.15) is 5.10 Å². The van der Waals surface area contributed by atoms with Crippen molar-refractivity contribution in [3.63, 3.8) is 0 Å². The molecule has 0 aliphatic heterocycles. The molecule has 0 aliphatic rings. The van der Waals surface area contributed by atoms with E-state index >= 15 is 0 Å². The number of rotatable bonds is 4. The fourth-order valence-corrected chi connectivity index (χ4v) is 1.56. The molecule has 6 heteroatoms. The van der Waals surface area contributed by atoms with Gasteiger partial charge in [-0.25, -0.2) is 0 Å². The van der Waals surface area contributed by atoms with Gasteiger partial charge >= 0.3 is 0 Å². The van der Waals surface area contributed by atoms with E-state index in [4.69, 9.17) is 4.74 Å². The molecular weight excluding hydrogens is 234 g/mol. The molecule has 1 heterocycles. The fraction of sp³-hybridized carbons (Fsp3) is 0.167. The topological polar surface area (TPSA) is 79.2 Å². The quantitative estimate of drug-likeness (QED) is 0.851. The second-order valence-electron chi connectivity index (χ2n) is 3.71. The molecule has 0 bridgehead atoms. The zero-order chi connectivity index (χ0) is 13.1. The van der Waals surface area contributed by atoms with Crippen molar-refractivity contribution in [2.75, 3.05) is 12.4 Å². The van der Waals surface area contributed by atoms with Crippen LogP contribution in [0.5, 0.6) is 5.75 Å². The Bertz CT molecular complexity index is 560. The average Bonchev–Trinajstić information content (AvgIpc) is 2.71. The van der Waals surface area contributed by atoms with Crippen molar-refractivity contribution in [3.8, 4) is 5.75 Å². The van der Waals surface area contributed by atoms with Gasteiger partial charge in [-0.1, -0.05) is 0 Å². The van der Waals surface area contributed by atoms with Gasteiger partial charge in [0.1, 0.15) is 11.4 Å². The molecule has 1 aromatic heterocycles. The predicted molar refractivity (Wildman–Crippen MR) is 63.8 cm³/mol. The predicted octanol–water partition coefficient (Wildman–Crippen LogP) is 0.536. The summed E-state index contributed by atoms with van der Waals surface area (Å²) < 4.78 is 6.45. The number of hydrogen-bond acceptors (Lipinski definition) is 5. The molecule has 18 heavy (non-hydrogen) atoms. The summed E-state index contributed by atoms with van der Waals surface area (Å²) in [6.45, 7) is 0. The number of carboxylic acid groups (broad SMARTS) is 1. The zero-order valence-corrected chi connectivity index (χ0v) is 10.0. The van der Waals surface area contributed by atoms with Crippen LogP contribution in [0, 0.1) is 0 Å². The lowest BCUT2D eigenvalue weighted by Gasteiger charge is -2.07. The van der Waals surface area contributed by atoms with E-state index in [1.165, 1.54) is 4.68 Å². The molecule has 1 aromatic carbocycles. The summed E-state index contributed by atoms with van der Waals surface area (Å²) in [5.74, 6) is -0.585. The molecule has 0 aliphatic carbocycles. The second kappa shape index (κ2) is 4.79. The highest BCUT2D eigenvalue weighted by Crippen LogP contribution is 2.21. The van der Waals surface area contributed by atoms with Crippen LogP contribution in [0.15, 0.2) is 30.5 Å². The van der Waals surface area contributed by atoms with Crippen molar-refractivity contribution in [3.05, 3.63) is 36.2 Å². The third kappa shape index (κ3) is 2.42. The summed E-state index contributed by atoms with van der Waals surface area (Å²) in [6.07, 6.45) is 1.58. The lowest BCUT2D eigenvalue weighted by Crippen LogP contribution is -2.23. The van der Waals surface area contributed by atoms with Gasteiger partial charge in [0, 0.05) is 18.9 Å². The number of nitrogens with zero attached hydrogens (tertiary/aromatic N) is 2. The number of anilines is 2. The van der Waals surface area contributed by atoms with Crippen LogP contribution >= 0.6 is 0 Å². The average molecular weight is 246 g/mol. The van der Waals surface area contributed by atoms with Gasteiger partial charge in [-0.3, -0.25) is 4.68 Å². The van der Waals surface area contributed by atoms with Crippen molar-refractivity contribution >= 4 is 17.3 Å². The Morgan fingerprint density at radius 3 is 2.61 bits per heavy atom. The Balaban J connectivity index is 2.25. The van der Waals surface area contributed by atoms with E-state index in [-0.39, 0.29) is 5.69 Å². The first-order valence-corrected chi connectivity index (χ1v) is 5.26. The van der Waals surface area contributed by atoms with Crippen LogP contribution in [0.1, 0.15) is 10.5 Å². The molecule has 2 aromatic rings. The van der Waals surface area contributed by atoms with Gasteiger partial charge in [0.05, 0.1) is 18.8 Å². The summed E-state index contributed by atoms with van der Waals surface area (Å²) in [6, 6.07) is 7.12. The SMILES string of the molecule is COc1ccc(Nc2cn(C)nc2C(=O)[O-])cc1. The van der Waals surface area contributed by atoms with Crippen molar-refractivity contribution in [2.24, 2.45) is 7.05 Å². The van der Waals surface area contributed by atoms with Crippen LogP contribution < -0.4 is 15.2 Å². The van der Waals surface area contributed by atoms with Crippen molar-refractivity contribution < 1.29 is 14.6 Å². The number of carbonyl (C=O) groups excluding carboxylic acids is 1. The Morgan fingerprint density at radius 2 is 2.06 bits per heavy atom. The lowest BCUT2D eigenvalue weighted by molar-refractivity contribution is -0.255. The molecule has 1 N–H and O–H groups in total. The maximum Gasteiger partial charge on any atom is 0.131 e. The maximum atomic E-state index is 10.9. The number of aryl methyl sites for hydroxylation is 1. The fourth-order valence-electron chi connectivity index (χ4n) is 1.56. The maximum absolute atomic E-state index is 10.9. The molecule has 0 saturated heterocycles. The van der Waals surface area contributed by atoms with Crippen LogP contribution in [0.25, 0.3) is 0 Å². The summed E-state index contributed by atoms with van der Waals surface area (Å²) in [7, 11) is 3.23. The van der Waals surface area contributed by atoms with E-state index < -0.39 is 5.97 Å². The number of methoxy groups -OCH3 is 1. The van der Waals surface area contributed by atoms with Crippen molar-refractivity contribution in [2.45, 2.75) is 0 Å². The van der Waals surface area contributed by atoms with Gasteiger partial charge in [0.15, 0.2) is 0 Å². The first-order chi connectivity index (χ1) is 8.60. The van der Waals surface area contributed by atoms with Crippen LogP contribution in [-0.4, -0.2) is 22.9 Å².